The second-order valence-corrected chi connectivity index (χ2v) is 8.58. The van der Waals surface area contributed by atoms with Crippen molar-refractivity contribution in [3.05, 3.63) is 58.3 Å². The number of rotatable bonds is 7. The Bertz CT molecular complexity index is 853. The van der Waals surface area contributed by atoms with E-state index in [9.17, 15) is 9.59 Å². The van der Waals surface area contributed by atoms with Gasteiger partial charge in [0.1, 0.15) is 0 Å². The molecule has 8 nitrogen and oxygen atoms in total. The zero-order chi connectivity index (χ0) is 22.6. The quantitative estimate of drug-likeness (QED) is 0.473. The van der Waals surface area contributed by atoms with Crippen LogP contribution in [0.3, 0.4) is 0 Å². The SMILES string of the molecule is O=C(CN1CCN(C(=O)CSCc2ccccc2)CC1)c1cccs1.O=C(O)C(=O)O. The summed E-state index contributed by atoms with van der Waals surface area (Å²) in [6.07, 6.45) is 0. The first kappa shape index (κ1) is 24.6. The number of nitrogens with zero attached hydrogens (tertiary/aromatic N) is 2. The summed E-state index contributed by atoms with van der Waals surface area (Å²) in [6.45, 7) is 3.41. The van der Waals surface area contributed by atoms with Crippen LogP contribution in [-0.2, 0) is 20.1 Å². The Morgan fingerprint density at radius 1 is 0.903 bits per heavy atom. The van der Waals surface area contributed by atoms with Crippen molar-refractivity contribution in [1.29, 1.82) is 0 Å². The first-order chi connectivity index (χ1) is 14.9. The van der Waals surface area contributed by atoms with E-state index in [1.807, 2.05) is 40.6 Å². The fourth-order valence-corrected chi connectivity index (χ4v) is 4.34. The van der Waals surface area contributed by atoms with Crippen molar-refractivity contribution >= 4 is 46.7 Å². The molecule has 10 heteroatoms. The molecule has 0 spiro atoms. The lowest BCUT2D eigenvalue weighted by atomic mass is 10.2. The summed E-state index contributed by atoms with van der Waals surface area (Å²) in [7, 11) is 0. The predicted molar refractivity (Wildman–Crippen MR) is 120 cm³/mol. The molecule has 0 bridgehead atoms. The predicted octanol–water partition coefficient (Wildman–Crippen LogP) is 2.16. The second kappa shape index (κ2) is 12.9. The number of thioether (sulfide) groups is 1. The van der Waals surface area contributed by atoms with Gasteiger partial charge in [0.2, 0.25) is 5.91 Å². The van der Waals surface area contributed by atoms with Crippen molar-refractivity contribution in [1.82, 2.24) is 9.80 Å². The Balaban J connectivity index is 0.000000501. The molecular formula is C21H24N2O6S2. The lowest BCUT2D eigenvalue weighted by Gasteiger charge is -2.34. The molecule has 0 aliphatic carbocycles. The summed E-state index contributed by atoms with van der Waals surface area (Å²) < 4.78 is 0. The molecule has 0 atom stereocenters. The van der Waals surface area contributed by atoms with Gasteiger partial charge < -0.3 is 15.1 Å². The molecule has 166 valence electrons. The minimum Gasteiger partial charge on any atom is -0.473 e. The van der Waals surface area contributed by atoms with Crippen LogP contribution in [0.2, 0.25) is 0 Å². The molecule has 31 heavy (non-hydrogen) atoms. The van der Waals surface area contributed by atoms with Gasteiger partial charge in [0.05, 0.1) is 17.2 Å². The molecule has 1 amide bonds. The average molecular weight is 465 g/mol. The highest BCUT2D eigenvalue weighted by molar-refractivity contribution is 7.99. The molecule has 2 N–H and O–H groups in total. The van der Waals surface area contributed by atoms with E-state index < -0.39 is 11.9 Å². The summed E-state index contributed by atoms with van der Waals surface area (Å²) in [5, 5.41) is 16.7. The van der Waals surface area contributed by atoms with Crippen molar-refractivity contribution in [2.45, 2.75) is 5.75 Å². The molecule has 1 aromatic heterocycles. The largest absolute Gasteiger partial charge is 0.473 e. The van der Waals surface area contributed by atoms with E-state index in [1.165, 1.54) is 16.9 Å². The van der Waals surface area contributed by atoms with Crippen LogP contribution in [0.1, 0.15) is 15.2 Å². The number of hydrogen-bond donors (Lipinski definition) is 2. The van der Waals surface area contributed by atoms with Gasteiger partial charge in [-0.15, -0.1) is 23.1 Å². The molecule has 0 saturated carbocycles. The number of aliphatic carboxylic acids is 2. The van der Waals surface area contributed by atoms with E-state index in [1.54, 1.807) is 11.8 Å². The van der Waals surface area contributed by atoms with Crippen molar-refractivity contribution in [3.8, 4) is 0 Å². The average Bonchev–Trinajstić information content (AvgIpc) is 3.30. The van der Waals surface area contributed by atoms with E-state index in [0.717, 1.165) is 23.7 Å². The number of Topliss-reactive ketones (excluding diaryl/α,β-unsaturated/α-hetero) is 1. The molecule has 1 fully saturated rings. The van der Waals surface area contributed by atoms with Crippen LogP contribution >= 0.6 is 23.1 Å². The van der Waals surface area contributed by atoms with Crippen LogP contribution in [0.25, 0.3) is 0 Å². The number of carbonyl (C=O) groups excluding carboxylic acids is 2. The molecule has 2 heterocycles. The Morgan fingerprint density at radius 3 is 2.10 bits per heavy atom. The Kier molecular flexibility index (Phi) is 10.2. The summed E-state index contributed by atoms with van der Waals surface area (Å²) in [6, 6.07) is 14.0. The Labute approximate surface area is 188 Å². The third-order valence-electron chi connectivity index (χ3n) is 4.41. The first-order valence-corrected chi connectivity index (χ1v) is 11.5. The molecule has 3 rings (SSSR count). The van der Waals surface area contributed by atoms with Crippen LogP contribution in [-0.4, -0.2) is 82.1 Å². The van der Waals surface area contributed by atoms with Gasteiger partial charge in [-0.2, -0.15) is 0 Å². The highest BCUT2D eigenvalue weighted by Gasteiger charge is 2.22. The Morgan fingerprint density at radius 2 is 1.55 bits per heavy atom. The number of carboxylic acids is 2. The summed E-state index contributed by atoms with van der Waals surface area (Å²) in [5.41, 5.74) is 1.25. The molecular weight excluding hydrogens is 440 g/mol. The third kappa shape index (κ3) is 8.91. The second-order valence-electron chi connectivity index (χ2n) is 6.65. The van der Waals surface area contributed by atoms with E-state index >= 15 is 0 Å². The maximum atomic E-state index is 12.3. The molecule has 2 aromatic rings. The van der Waals surface area contributed by atoms with Gasteiger partial charge in [0, 0.05) is 31.9 Å². The van der Waals surface area contributed by atoms with E-state index in [2.05, 4.69) is 17.0 Å². The van der Waals surface area contributed by atoms with Gasteiger partial charge in [-0.05, 0) is 17.0 Å². The number of amides is 1. The van der Waals surface area contributed by atoms with E-state index in [4.69, 9.17) is 19.8 Å². The topological polar surface area (TPSA) is 115 Å². The fourth-order valence-electron chi connectivity index (χ4n) is 2.80. The lowest BCUT2D eigenvalue weighted by molar-refractivity contribution is -0.159. The highest BCUT2D eigenvalue weighted by atomic mass is 32.2. The van der Waals surface area contributed by atoms with Crippen LogP contribution in [0.15, 0.2) is 47.8 Å². The summed E-state index contributed by atoms with van der Waals surface area (Å²) >= 11 is 3.15. The molecule has 0 radical (unpaired) electrons. The van der Waals surface area contributed by atoms with Crippen molar-refractivity contribution in [2.75, 3.05) is 38.5 Å². The third-order valence-corrected chi connectivity index (χ3v) is 6.31. The van der Waals surface area contributed by atoms with Crippen molar-refractivity contribution < 1.29 is 29.4 Å². The molecule has 1 aromatic carbocycles. The maximum Gasteiger partial charge on any atom is 0.414 e. The van der Waals surface area contributed by atoms with Gasteiger partial charge in [0.25, 0.3) is 0 Å². The normalized spacial score (nSPS) is 13.7. The van der Waals surface area contributed by atoms with Gasteiger partial charge >= 0.3 is 11.9 Å². The van der Waals surface area contributed by atoms with Gasteiger partial charge in [-0.1, -0.05) is 36.4 Å². The van der Waals surface area contributed by atoms with Crippen LogP contribution in [0, 0.1) is 0 Å². The standard InChI is InChI=1S/C19H22N2O2S2.C2H2O4/c22-17(18-7-4-12-25-18)13-20-8-10-21(11-9-20)19(23)15-24-14-16-5-2-1-3-6-16;3-1(4)2(5)6/h1-7,12H,8-11,13-15H2;(H,3,4)(H,5,6). The smallest absolute Gasteiger partial charge is 0.414 e. The minimum absolute atomic E-state index is 0.174. The maximum absolute atomic E-state index is 12.3. The number of carbonyl (C=O) groups is 4. The minimum atomic E-state index is -1.82. The summed E-state index contributed by atoms with van der Waals surface area (Å²) in [4.78, 5) is 47.6. The number of thiophene rings is 1. The first-order valence-electron chi connectivity index (χ1n) is 9.51. The van der Waals surface area contributed by atoms with E-state index in [-0.39, 0.29) is 11.7 Å². The zero-order valence-corrected chi connectivity index (χ0v) is 18.4. The number of ketones is 1. The summed E-state index contributed by atoms with van der Waals surface area (Å²) in [5.74, 6) is -1.89. The zero-order valence-electron chi connectivity index (χ0n) is 16.8. The lowest BCUT2D eigenvalue weighted by Crippen LogP contribution is -2.50. The van der Waals surface area contributed by atoms with Crippen molar-refractivity contribution in [2.24, 2.45) is 0 Å². The van der Waals surface area contributed by atoms with E-state index in [0.29, 0.717) is 25.4 Å². The highest BCUT2D eigenvalue weighted by Crippen LogP contribution is 2.14. The van der Waals surface area contributed by atoms with Gasteiger partial charge in [-0.25, -0.2) is 9.59 Å². The monoisotopic (exact) mass is 464 g/mol. The number of benzene rings is 1. The van der Waals surface area contributed by atoms with Gasteiger partial charge in [0.15, 0.2) is 5.78 Å². The van der Waals surface area contributed by atoms with Gasteiger partial charge in [-0.3, -0.25) is 14.5 Å². The Hall–Kier alpha value is -2.69. The van der Waals surface area contributed by atoms with Crippen molar-refractivity contribution in [3.63, 3.8) is 0 Å². The van der Waals surface area contributed by atoms with Crippen LogP contribution in [0.4, 0.5) is 0 Å². The number of carboxylic acid groups (broad SMARTS) is 2. The number of piperazine rings is 1. The molecule has 0 unspecified atom stereocenters. The fraction of sp³-hybridized carbons (Fsp3) is 0.333. The molecule has 1 saturated heterocycles. The number of hydrogen-bond acceptors (Lipinski definition) is 7. The van der Waals surface area contributed by atoms with Crippen LogP contribution < -0.4 is 0 Å². The van der Waals surface area contributed by atoms with Crippen LogP contribution in [0.5, 0.6) is 0 Å². The molecule has 1 aliphatic heterocycles. The molecule has 1 aliphatic rings.